The van der Waals surface area contributed by atoms with Crippen LogP contribution in [0.1, 0.15) is 0 Å². The molecule has 0 aliphatic heterocycles. The number of rotatable bonds is 8. The summed E-state index contributed by atoms with van der Waals surface area (Å²) in [7, 11) is 0.569. The summed E-state index contributed by atoms with van der Waals surface area (Å²) in [6, 6.07) is 44.2. The molecule has 4 rings (SSSR count). The first-order chi connectivity index (χ1) is 14.8. The molecule has 0 saturated heterocycles. The van der Waals surface area contributed by atoms with E-state index in [1.807, 2.05) is 0 Å². The Morgan fingerprint density at radius 3 is 0.879 bits per heavy atom. The van der Waals surface area contributed by atoms with Gasteiger partial charge in [0.2, 0.25) is 0 Å². The molecule has 0 aromatic heterocycles. The van der Waals surface area contributed by atoms with Crippen LogP contribution in [-0.2, 0) is 20.4 Å². The SMILES string of the molecule is CN(C[PH+](c1ccccc1)c1ccccc1)C[PH+](c1ccccc1)c1ccccc1.[CH3-].[CH3-].[Pd+2]. The standard InChI is InChI=1S/C27H27NP2.2CH3.Pd/c1-28(22-29(24-14-6-2-7-15-24)25-16-8-3-9-17-25)23-30(26-18-10-4-11-19-26)27-20-12-5-13-21-27;;;/h2-21H,22-23H2,1H3;2*1H3;/q;2*-1;+2/p+2. The van der Waals surface area contributed by atoms with Gasteiger partial charge in [0.25, 0.3) is 0 Å². The predicted octanol–water partition coefficient (Wildman–Crippen LogP) is 5.46. The Labute approximate surface area is 217 Å². The maximum absolute atomic E-state index is 2.57. The fourth-order valence-electron chi connectivity index (χ4n) is 3.85. The molecule has 0 saturated carbocycles. The van der Waals surface area contributed by atoms with Crippen LogP contribution in [0.4, 0.5) is 0 Å². The van der Waals surface area contributed by atoms with Crippen LogP contribution >= 0.6 is 15.8 Å². The molecule has 174 valence electrons. The van der Waals surface area contributed by atoms with E-state index < -0.39 is 15.8 Å². The third kappa shape index (κ3) is 8.26. The molecule has 1 nitrogen and oxygen atoms in total. The Kier molecular flexibility index (Phi) is 13.6. The van der Waals surface area contributed by atoms with E-state index in [-0.39, 0.29) is 35.3 Å². The number of benzene rings is 4. The first-order valence-electron chi connectivity index (χ1n) is 10.4. The summed E-state index contributed by atoms with van der Waals surface area (Å²) in [6.45, 7) is 0. The van der Waals surface area contributed by atoms with Gasteiger partial charge in [-0.2, -0.15) is 0 Å². The van der Waals surface area contributed by atoms with Crippen LogP contribution in [0.15, 0.2) is 121 Å². The molecule has 0 bridgehead atoms. The molecule has 0 fully saturated rings. The van der Waals surface area contributed by atoms with Crippen molar-refractivity contribution in [2.75, 3.05) is 19.6 Å². The number of hydrogen-bond acceptors (Lipinski definition) is 1. The van der Waals surface area contributed by atoms with Gasteiger partial charge >= 0.3 is 20.4 Å². The quantitative estimate of drug-likeness (QED) is 0.156. The van der Waals surface area contributed by atoms with E-state index in [1.54, 1.807) is 0 Å². The molecule has 0 spiro atoms. The Morgan fingerprint density at radius 2 is 0.667 bits per heavy atom. The minimum Gasteiger partial charge on any atom is -0.358 e. The molecular weight excluding hydrogens is 531 g/mol. The summed E-state index contributed by atoms with van der Waals surface area (Å²) >= 11 is 0. The second kappa shape index (κ2) is 15.3. The number of nitrogens with zero attached hydrogens (tertiary/aromatic N) is 1. The Bertz CT molecular complexity index is 850. The fraction of sp³-hybridized carbons (Fsp3) is 0.103. The average molecular weight is 566 g/mol. The summed E-state index contributed by atoms with van der Waals surface area (Å²) in [6.07, 6.45) is 2.21. The van der Waals surface area contributed by atoms with Gasteiger partial charge in [-0.15, -0.1) is 0 Å². The van der Waals surface area contributed by atoms with E-state index in [1.165, 1.54) is 21.2 Å². The molecule has 0 N–H and O–H groups in total. The summed E-state index contributed by atoms with van der Waals surface area (Å²) < 4.78 is 0. The summed E-state index contributed by atoms with van der Waals surface area (Å²) in [4.78, 5) is 2.57. The van der Waals surface area contributed by atoms with Crippen molar-refractivity contribution in [2.45, 2.75) is 0 Å². The van der Waals surface area contributed by atoms with Crippen LogP contribution in [0, 0.1) is 14.9 Å². The molecule has 0 radical (unpaired) electrons. The van der Waals surface area contributed by atoms with E-state index in [0.29, 0.717) is 0 Å². The molecule has 4 heteroatoms. The van der Waals surface area contributed by atoms with Gasteiger partial charge in [0, 0.05) is 0 Å². The minimum absolute atomic E-state index is 0. The first kappa shape index (κ1) is 29.4. The fourth-order valence-corrected chi connectivity index (χ4v) is 9.15. The molecule has 0 unspecified atom stereocenters. The second-order valence-electron chi connectivity index (χ2n) is 7.59. The monoisotopic (exact) mass is 565 g/mol. The van der Waals surface area contributed by atoms with Crippen molar-refractivity contribution < 1.29 is 20.4 Å². The molecular formula is C29H35NP2Pd+2. The zero-order valence-corrected chi connectivity index (χ0v) is 23.3. The van der Waals surface area contributed by atoms with E-state index in [9.17, 15) is 0 Å². The summed E-state index contributed by atoms with van der Waals surface area (Å²) in [5.74, 6) is 0. The van der Waals surface area contributed by atoms with Crippen LogP contribution in [0.5, 0.6) is 0 Å². The van der Waals surface area contributed by atoms with Crippen molar-refractivity contribution in [1.82, 2.24) is 4.90 Å². The summed E-state index contributed by atoms with van der Waals surface area (Å²) in [5.41, 5.74) is 0. The average Bonchev–Trinajstić information content (AvgIpc) is 2.83. The molecule has 0 aliphatic rings. The van der Waals surface area contributed by atoms with E-state index >= 15 is 0 Å². The predicted molar refractivity (Wildman–Crippen MR) is 151 cm³/mol. The van der Waals surface area contributed by atoms with Gasteiger partial charge in [0.05, 0.1) is 37.1 Å². The smallest absolute Gasteiger partial charge is 0.358 e. The van der Waals surface area contributed by atoms with Crippen molar-refractivity contribution in [3.63, 3.8) is 0 Å². The van der Waals surface area contributed by atoms with Gasteiger partial charge < -0.3 is 14.9 Å². The largest absolute Gasteiger partial charge is 2.00 e. The molecule has 0 amide bonds. The topological polar surface area (TPSA) is 3.24 Å². The minimum atomic E-state index is -0.865. The maximum Gasteiger partial charge on any atom is 2.00 e. The van der Waals surface area contributed by atoms with E-state index in [4.69, 9.17) is 0 Å². The molecule has 0 aliphatic carbocycles. The molecule has 4 aromatic carbocycles. The zero-order valence-electron chi connectivity index (χ0n) is 19.7. The first-order valence-corrected chi connectivity index (χ1v) is 13.8. The van der Waals surface area contributed by atoms with Crippen LogP contribution in [0.2, 0.25) is 0 Å². The summed E-state index contributed by atoms with van der Waals surface area (Å²) in [5, 5.41) is 5.92. The second-order valence-corrected chi connectivity index (χ2v) is 12.4. The van der Waals surface area contributed by atoms with Crippen molar-refractivity contribution in [3.05, 3.63) is 136 Å². The van der Waals surface area contributed by atoms with Crippen molar-refractivity contribution in [3.8, 4) is 0 Å². The van der Waals surface area contributed by atoms with Gasteiger partial charge in [-0.3, -0.25) is 0 Å². The van der Waals surface area contributed by atoms with Crippen LogP contribution in [-0.4, -0.2) is 24.5 Å². The normalized spacial score (nSPS) is 10.3. The van der Waals surface area contributed by atoms with E-state index in [0.717, 1.165) is 12.6 Å². The van der Waals surface area contributed by atoms with Gasteiger partial charge in [-0.1, -0.05) is 72.8 Å². The Balaban J connectivity index is 0.00000181. The third-order valence-electron chi connectivity index (χ3n) is 5.35. The van der Waals surface area contributed by atoms with Crippen molar-refractivity contribution in [1.29, 1.82) is 0 Å². The molecule has 33 heavy (non-hydrogen) atoms. The van der Waals surface area contributed by atoms with E-state index in [2.05, 4.69) is 133 Å². The third-order valence-corrected chi connectivity index (χ3v) is 11.2. The van der Waals surface area contributed by atoms with Gasteiger partial charge in [0.1, 0.15) is 12.6 Å². The maximum atomic E-state index is 2.57. The van der Waals surface area contributed by atoms with Crippen LogP contribution in [0.3, 0.4) is 0 Å². The Morgan fingerprint density at radius 1 is 0.455 bits per heavy atom. The van der Waals surface area contributed by atoms with Gasteiger partial charge in [-0.05, 0) is 55.6 Å². The zero-order chi connectivity index (χ0) is 20.6. The van der Waals surface area contributed by atoms with Gasteiger partial charge in [0.15, 0.2) is 0 Å². The molecule has 4 aromatic rings. The van der Waals surface area contributed by atoms with Gasteiger partial charge in [-0.25, -0.2) is 4.90 Å². The molecule has 0 atom stereocenters. The number of hydrogen-bond donors (Lipinski definition) is 0. The molecule has 0 heterocycles. The van der Waals surface area contributed by atoms with Crippen LogP contribution < -0.4 is 21.2 Å². The van der Waals surface area contributed by atoms with Crippen LogP contribution in [0.25, 0.3) is 0 Å². The van der Waals surface area contributed by atoms with Crippen molar-refractivity contribution in [2.24, 2.45) is 0 Å². The Hall–Kier alpha value is -1.64. The van der Waals surface area contributed by atoms with Crippen molar-refractivity contribution >= 4 is 37.1 Å².